The molecule has 0 saturated heterocycles. The second-order valence-electron chi connectivity index (χ2n) is 8.32. The number of carbonyl (C=O) groups is 2. The molecule has 182 valence electrons. The molecule has 1 aliphatic rings. The molecule has 0 atom stereocenters. The monoisotopic (exact) mass is 493 g/mol. The van der Waals surface area contributed by atoms with Crippen molar-refractivity contribution >= 4 is 27.5 Å². The van der Waals surface area contributed by atoms with Crippen molar-refractivity contribution < 1.29 is 22.7 Å². The van der Waals surface area contributed by atoms with Crippen molar-refractivity contribution in [2.24, 2.45) is 0 Å². The third-order valence-electron chi connectivity index (χ3n) is 5.85. The summed E-state index contributed by atoms with van der Waals surface area (Å²) in [4.78, 5) is 24.8. The molecule has 0 heterocycles. The average molecular weight is 494 g/mol. The largest absolute Gasteiger partial charge is 0.495 e. The molecule has 0 aliphatic heterocycles. The highest BCUT2D eigenvalue weighted by molar-refractivity contribution is 7.92. The molecule has 1 aliphatic carbocycles. The first-order chi connectivity index (χ1) is 16.9. The minimum absolute atomic E-state index is 0.0852. The standard InChI is InChI=1S/C26H27N3O5S/c1-34-24-12-5-4-11-23(24)29-35(32,33)22-10-6-9-21(17-22)26(31)28-27-25(30)16-18-13-14-19-7-2-3-8-20(19)15-18/h4-6,9-15,17,29H,2-3,7-8,16H2,1H3,(H,27,30)(H,28,31). The van der Waals surface area contributed by atoms with Crippen molar-refractivity contribution in [2.45, 2.75) is 37.0 Å². The summed E-state index contributed by atoms with van der Waals surface area (Å²) in [5.74, 6) is -0.625. The van der Waals surface area contributed by atoms with Crippen LogP contribution in [0.2, 0.25) is 0 Å². The van der Waals surface area contributed by atoms with Crippen LogP contribution in [-0.2, 0) is 34.1 Å². The van der Waals surface area contributed by atoms with E-state index in [-0.39, 0.29) is 28.5 Å². The van der Waals surface area contributed by atoms with E-state index in [1.165, 1.54) is 48.9 Å². The Kier molecular flexibility index (Phi) is 7.36. The molecule has 0 unspecified atom stereocenters. The highest BCUT2D eigenvalue weighted by atomic mass is 32.2. The van der Waals surface area contributed by atoms with Crippen LogP contribution in [0.3, 0.4) is 0 Å². The van der Waals surface area contributed by atoms with Gasteiger partial charge in [-0.05, 0) is 72.7 Å². The SMILES string of the molecule is COc1ccccc1NS(=O)(=O)c1cccc(C(=O)NNC(=O)Cc2ccc3c(c2)CCCC3)c1. The number of sulfonamides is 1. The number of anilines is 1. The zero-order valence-electron chi connectivity index (χ0n) is 19.3. The van der Waals surface area contributed by atoms with Crippen LogP contribution >= 0.6 is 0 Å². The number of fused-ring (bicyclic) bond motifs is 1. The predicted octanol–water partition coefficient (Wildman–Crippen LogP) is 3.38. The number of rotatable bonds is 7. The molecule has 0 spiro atoms. The maximum absolute atomic E-state index is 12.8. The average Bonchev–Trinajstić information content (AvgIpc) is 2.87. The molecular weight excluding hydrogens is 466 g/mol. The van der Waals surface area contributed by atoms with Gasteiger partial charge in [-0.25, -0.2) is 8.42 Å². The third kappa shape index (κ3) is 5.99. The van der Waals surface area contributed by atoms with Crippen molar-refractivity contribution in [1.29, 1.82) is 0 Å². The molecule has 35 heavy (non-hydrogen) atoms. The summed E-state index contributed by atoms with van der Waals surface area (Å²) in [5.41, 5.74) is 8.62. The topological polar surface area (TPSA) is 114 Å². The first-order valence-electron chi connectivity index (χ1n) is 11.3. The van der Waals surface area contributed by atoms with E-state index in [9.17, 15) is 18.0 Å². The van der Waals surface area contributed by atoms with E-state index in [1.54, 1.807) is 24.3 Å². The van der Waals surface area contributed by atoms with Crippen molar-refractivity contribution in [2.75, 3.05) is 11.8 Å². The van der Waals surface area contributed by atoms with Crippen LogP contribution in [0.25, 0.3) is 0 Å². The van der Waals surface area contributed by atoms with Gasteiger partial charge in [0.2, 0.25) is 5.91 Å². The van der Waals surface area contributed by atoms with Crippen LogP contribution < -0.4 is 20.3 Å². The van der Waals surface area contributed by atoms with Gasteiger partial charge in [0.25, 0.3) is 15.9 Å². The summed E-state index contributed by atoms with van der Waals surface area (Å²) in [6.07, 6.45) is 4.57. The zero-order chi connectivity index (χ0) is 24.8. The van der Waals surface area contributed by atoms with E-state index in [0.29, 0.717) is 5.75 Å². The molecule has 3 N–H and O–H groups in total. The fourth-order valence-electron chi connectivity index (χ4n) is 4.06. The Morgan fingerprint density at radius 3 is 2.46 bits per heavy atom. The van der Waals surface area contributed by atoms with Crippen LogP contribution in [-0.4, -0.2) is 27.3 Å². The molecular formula is C26H27N3O5S. The van der Waals surface area contributed by atoms with E-state index < -0.39 is 15.9 Å². The number of nitrogens with one attached hydrogen (secondary N) is 3. The van der Waals surface area contributed by atoms with Crippen molar-refractivity contribution in [3.05, 3.63) is 89.0 Å². The first-order valence-corrected chi connectivity index (χ1v) is 12.8. The van der Waals surface area contributed by atoms with Gasteiger partial charge in [-0.3, -0.25) is 25.2 Å². The number of ether oxygens (including phenoxy) is 1. The highest BCUT2D eigenvalue weighted by Gasteiger charge is 2.19. The lowest BCUT2D eigenvalue weighted by atomic mass is 9.90. The lowest BCUT2D eigenvalue weighted by Gasteiger charge is -2.16. The molecule has 0 aromatic heterocycles. The van der Waals surface area contributed by atoms with Crippen molar-refractivity contribution in [1.82, 2.24) is 10.9 Å². The van der Waals surface area contributed by atoms with Gasteiger partial charge in [0.05, 0.1) is 24.1 Å². The third-order valence-corrected chi connectivity index (χ3v) is 7.21. The van der Waals surface area contributed by atoms with Gasteiger partial charge >= 0.3 is 0 Å². The fraction of sp³-hybridized carbons (Fsp3) is 0.231. The summed E-state index contributed by atoms with van der Waals surface area (Å²) in [6.45, 7) is 0. The van der Waals surface area contributed by atoms with Crippen LogP contribution in [0.15, 0.2) is 71.6 Å². The Balaban J connectivity index is 1.38. The minimum Gasteiger partial charge on any atom is -0.495 e. The molecule has 4 rings (SSSR count). The molecule has 0 fully saturated rings. The number of aryl methyl sites for hydroxylation is 2. The van der Waals surface area contributed by atoms with E-state index >= 15 is 0 Å². The number of methoxy groups -OCH3 is 1. The fourth-order valence-corrected chi connectivity index (χ4v) is 5.18. The first kappa shape index (κ1) is 24.3. The Bertz CT molecular complexity index is 1350. The van der Waals surface area contributed by atoms with Gasteiger partial charge in [-0.15, -0.1) is 0 Å². The van der Waals surface area contributed by atoms with Crippen molar-refractivity contribution in [3.63, 3.8) is 0 Å². The Hall–Kier alpha value is -3.85. The number of para-hydroxylation sites is 2. The van der Waals surface area contributed by atoms with E-state index in [0.717, 1.165) is 24.8 Å². The normalized spacial score (nSPS) is 12.8. The molecule has 0 bridgehead atoms. The summed E-state index contributed by atoms with van der Waals surface area (Å²) in [6, 6.07) is 18.2. The molecule has 3 aromatic rings. The summed E-state index contributed by atoms with van der Waals surface area (Å²) in [5, 5.41) is 0. The minimum atomic E-state index is -3.98. The molecule has 0 radical (unpaired) electrons. The number of carbonyl (C=O) groups excluding carboxylic acids is 2. The van der Waals surface area contributed by atoms with E-state index in [4.69, 9.17) is 4.74 Å². The Morgan fingerprint density at radius 1 is 0.886 bits per heavy atom. The number of hydrogen-bond donors (Lipinski definition) is 3. The van der Waals surface area contributed by atoms with Gasteiger partial charge in [-0.1, -0.05) is 36.4 Å². The number of benzene rings is 3. The second-order valence-corrected chi connectivity index (χ2v) is 10.0. The maximum Gasteiger partial charge on any atom is 0.269 e. The smallest absolute Gasteiger partial charge is 0.269 e. The summed E-state index contributed by atoms with van der Waals surface area (Å²) < 4.78 is 33.3. The van der Waals surface area contributed by atoms with Gasteiger partial charge in [0, 0.05) is 5.56 Å². The van der Waals surface area contributed by atoms with Gasteiger partial charge in [-0.2, -0.15) is 0 Å². The molecule has 9 heteroatoms. The van der Waals surface area contributed by atoms with Crippen molar-refractivity contribution in [3.8, 4) is 5.75 Å². The van der Waals surface area contributed by atoms with Crippen LogP contribution in [0.5, 0.6) is 5.75 Å². The summed E-state index contributed by atoms with van der Waals surface area (Å²) >= 11 is 0. The van der Waals surface area contributed by atoms with Gasteiger partial charge < -0.3 is 4.74 Å². The summed E-state index contributed by atoms with van der Waals surface area (Å²) in [7, 11) is -2.54. The Morgan fingerprint density at radius 2 is 1.66 bits per heavy atom. The van der Waals surface area contributed by atoms with E-state index in [1.807, 2.05) is 6.07 Å². The number of hydrogen-bond acceptors (Lipinski definition) is 5. The van der Waals surface area contributed by atoms with Crippen LogP contribution in [0, 0.1) is 0 Å². The molecule has 8 nitrogen and oxygen atoms in total. The quantitative estimate of drug-likeness (QED) is 0.437. The second kappa shape index (κ2) is 10.6. The molecule has 0 saturated carbocycles. The van der Waals surface area contributed by atoms with Crippen LogP contribution in [0.1, 0.15) is 39.9 Å². The van der Waals surface area contributed by atoms with E-state index in [2.05, 4.69) is 27.7 Å². The van der Waals surface area contributed by atoms with Gasteiger partial charge in [0.15, 0.2) is 0 Å². The molecule has 3 aromatic carbocycles. The van der Waals surface area contributed by atoms with Gasteiger partial charge in [0.1, 0.15) is 5.75 Å². The lowest BCUT2D eigenvalue weighted by Crippen LogP contribution is -2.42. The molecule has 2 amide bonds. The highest BCUT2D eigenvalue weighted by Crippen LogP contribution is 2.26. The lowest BCUT2D eigenvalue weighted by molar-refractivity contribution is -0.121. The number of amides is 2. The Labute approximate surface area is 204 Å². The maximum atomic E-state index is 12.8. The number of hydrazine groups is 1. The zero-order valence-corrected chi connectivity index (χ0v) is 20.2. The predicted molar refractivity (Wildman–Crippen MR) is 133 cm³/mol. The van der Waals surface area contributed by atoms with Crippen LogP contribution in [0.4, 0.5) is 5.69 Å².